The average Bonchev–Trinajstić information content (AvgIpc) is 2.99. The Morgan fingerprint density at radius 3 is 3.00 bits per heavy atom. The van der Waals surface area contributed by atoms with E-state index in [4.69, 9.17) is 5.11 Å². The third kappa shape index (κ3) is 3.44. The lowest BCUT2D eigenvalue weighted by atomic mass is 10.1. The second-order valence-corrected chi connectivity index (χ2v) is 5.00. The molecule has 1 atom stereocenters. The van der Waals surface area contributed by atoms with Gasteiger partial charge in [0.1, 0.15) is 11.6 Å². The third-order valence-corrected chi connectivity index (χ3v) is 3.60. The Labute approximate surface area is 121 Å². The topological polar surface area (TPSA) is 62.2 Å². The van der Waals surface area contributed by atoms with E-state index in [9.17, 15) is 4.79 Å². The van der Waals surface area contributed by atoms with Crippen LogP contribution in [-0.4, -0.2) is 22.6 Å². The van der Waals surface area contributed by atoms with Gasteiger partial charge in [0, 0.05) is 17.1 Å². The van der Waals surface area contributed by atoms with Crippen molar-refractivity contribution >= 4 is 17.2 Å². The van der Waals surface area contributed by atoms with Gasteiger partial charge in [-0.3, -0.25) is 4.79 Å². The Hall–Kier alpha value is -2.16. The summed E-state index contributed by atoms with van der Waals surface area (Å²) in [6, 6.07) is 6.91. The summed E-state index contributed by atoms with van der Waals surface area (Å²) in [4.78, 5) is 16.4. The van der Waals surface area contributed by atoms with E-state index < -0.39 is 0 Å². The number of hydrogen-bond acceptors (Lipinski definition) is 4. The molecule has 0 aliphatic rings. The Morgan fingerprint density at radius 1 is 1.50 bits per heavy atom. The minimum Gasteiger partial charge on any atom is -0.384 e. The molecule has 0 spiro atoms. The number of aliphatic hydroxyl groups is 1. The first-order valence-electron chi connectivity index (χ1n) is 6.11. The van der Waals surface area contributed by atoms with Crippen molar-refractivity contribution in [3.05, 3.63) is 52.0 Å². The summed E-state index contributed by atoms with van der Waals surface area (Å²) in [5.41, 5.74) is 1.10. The predicted octanol–water partition coefficient (Wildman–Crippen LogP) is 1.98. The molecule has 0 radical (unpaired) electrons. The fourth-order valence-corrected chi connectivity index (χ4v) is 2.36. The highest BCUT2D eigenvalue weighted by molar-refractivity contribution is 7.09. The van der Waals surface area contributed by atoms with Gasteiger partial charge < -0.3 is 10.4 Å². The van der Waals surface area contributed by atoms with Crippen LogP contribution in [-0.2, 0) is 0 Å². The van der Waals surface area contributed by atoms with Gasteiger partial charge in [-0.25, -0.2) is 4.98 Å². The lowest BCUT2D eigenvalue weighted by Gasteiger charge is -2.12. The van der Waals surface area contributed by atoms with Gasteiger partial charge in [0.15, 0.2) is 0 Å². The summed E-state index contributed by atoms with van der Waals surface area (Å²) in [5, 5.41) is 14.4. The lowest BCUT2D eigenvalue weighted by molar-refractivity contribution is 0.0939. The second kappa shape index (κ2) is 6.85. The predicted molar refractivity (Wildman–Crippen MR) is 78.4 cm³/mol. The molecule has 2 aromatic rings. The Balaban J connectivity index is 2.17. The number of nitrogens with one attached hydrogen (secondary N) is 1. The molecule has 1 aromatic heterocycles. The number of thiazole rings is 1. The van der Waals surface area contributed by atoms with Gasteiger partial charge in [0.2, 0.25) is 0 Å². The molecular formula is C15H14N2O2S. The van der Waals surface area contributed by atoms with Crippen LogP contribution < -0.4 is 5.32 Å². The Bertz CT molecular complexity index is 641. The van der Waals surface area contributed by atoms with Crippen LogP contribution in [0.2, 0.25) is 0 Å². The van der Waals surface area contributed by atoms with Crippen LogP contribution in [0.5, 0.6) is 0 Å². The molecule has 2 rings (SSSR count). The van der Waals surface area contributed by atoms with Crippen molar-refractivity contribution in [1.82, 2.24) is 10.3 Å². The van der Waals surface area contributed by atoms with E-state index in [1.807, 2.05) is 18.4 Å². The zero-order valence-corrected chi connectivity index (χ0v) is 11.8. The summed E-state index contributed by atoms with van der Waals surface area (Å²) < 4.78 is 0. The van der Waals surface area contributed by atoms with Crippen molar-refractivity contribution in [2.75, 3.05) is 6.61 Å². The van der Waals surface area contributed by atoms with Crippen LogP contribution in [0.3, 0.4) is 0 Å². The molecule has 1 amide bonds. The van der Waals surface area contributed by atoms with E-state index in [1.54, 1.807) is 24.4 Å². The van der Waals surface area contributed by atoms with Gasteiger partial charge in [-0.1, -0.05) is 24.0 Å². The molecule has 4 nitrogen and oxygen atoms in total. The van der Waals surface area contributed by atoms with Gasteiger partial charge in [-0.2, -0.15) is 0 Å². The molecule has 0 saturated carbocycles. The summed E-state index contributed by atoms with van der Waals surface area (Å²) in [7, 11) is 0. The van der Waals surface area contributed by atoms with Gasteiger partial charge in [0.05, 0.1) is 11.6 Å². The molecular weight excluding hydrogens is 272 g/mol. The normalized spacial score (nSPS) is 11.3. The first-order chi connectivity index (χ1) is 9.72. The molecule has 0 saturated heterocycles. The van der Waals surface area contributed by atoms with E-state index >= 15 is 0 Å². The largest absolute Gasteiger partial charge is 0.384 e. The highest BCUT2D eigenvalue weighted by atomic mass is 32.1. The summed E-state index contributed by atoms with van der Waals surface area (Å²) in [5.74, 6) is 5.14. The van der Waals surface area contributed by atoms with Crippen LogP contribution in [0.1, 0.15) is 33.9 Å². The number of carbonyl (C=O) groups excluding carboxylic acids is 1. The van der Waals surface area contributed by atoms with Crippen molar-refractivity contribution in [3.63, 3.8) is 0 Å². The van der Waals surface area contributed by atoms with E-state index in [0.29, 0.717) is 11.1 Å². The molecule has 1 aromatic carbocycles. The fourth-order valence-electron chi connectivity index (χ4n) is 1.71. The number of rotatable bonds is 3. The highest BCUT2D eigenvalue weighted by Gasteiger charge is 2.15. The van der Waals surface area contributed by atoms with Gasteiger partial charge in [-0.05, 0) is 19.1 Å². The second-order valence-electron chi connectivity index (χ2n) is 4.07. The van der Waals surface area contributed by atoms with Crippen LogP contribution in [0, 0.1) is 11.8 Å². The number of nitrogens with zero attached hydrogens (tertiary/aromatic N) is 1. The molecule has 0 aliphatic heterocycles. The molecule has 1 unspecified atom stereocenters. The van der Waals surface area contributed by atoms with Crippen LogP contribution in [0.4, 0.5) is 0 Å². The molecule has 0 fully saturated rings. The SMILES string of the molecule is CC(NC(=O)c1ccccc1C#CCO)c1nccs1. The molecule has 5 heteroatoms. The molecule has 1 heterocycles. The van der Waals surface area contributed by atoms with E-state index in [1.165, 1.54) is 11.3 Å². The smallest absolute Gasteiger partial charge is 0.253 e. The van der Waals surface area contributed by atoms with Gasteiger partial charge in [0.25, 0.3) is 5.91 Å². The summed E-state index contributed by atoms with van der Waals surface area (Å²) >= 11 is 1.50. The maximum absolute atomic E-state index is 12.3. The van der Waals surface area contributed by atoms with E-state index in [-0.39, 0.29) is 18.6 Å². The zero-order valence-electron chi connectivity index (χ0n) is 11.0. The van der Waals surface area contributed by atoms with Crippen LogP contribution >= 0.6 is 11.3 Å². The molecule has 0 bridgehead atoms. The number of benzene rings is 1. The maximum atomic E-state index is 12.3. The van der Waals surface area contributed by atoms with Crippen LogP contribution in [0.15, 0.2) is 35.8 Å². The number of carbonyl (C=O) groups is 1. The number of aliphatic hydroxyl groups excluding tert-OH is 1. The lowest BCUT2D eigenvalue weighted by Crippen LogP contribution is -2.27. The fraction of sp³-hybridized carbons (Fsp3) is 0.200. The maximum Gasteiger partial charge on any atom is 0.253 e. The van der Waals surface area contributed by atoms with Crippen molar-refractivity contribution in [1.29, 1.82) is 0 Å². The van der Waals surface area contributed by atoms with Crippen molar-refractivity contribution in [3.8, 4) is 11.8 Å². The van der Waals surface area contributed by atoms with E-state index in [0.717, 1.165) is 5.01 Å². The molecule has 2 N–H and O–H groups in total. The molecule has 20 heavy (non-hydrogen) atoms. The van der Waals surface area contributed by atoms with Crippen molar-refractivity contribution in [2.24, 2.45) is 0 Å². The van der Waals surface area contributed by atoms with Crippen LogP contribution in [0.25, 0.3) is 0 Å². The van der Waals surface area contributed by atoms with E-state index in [2.05, 4.69) is 22.1 Å². The minimum atomic E-state index is -0.231. The average molecular weight is 286 g/mol. The minimum absolute atomic E-state index is 0.152. The quantitative estimate of drug-likeness (QED) is 0.848. The van der Waals surface area contributed by atoms with Gasteiger partial charge in [-0.15, -0.1) is 11.3 Å². The Kier molecular flexibility index (Phi) is 4.88. The first-order valence-corrected chi connectivity index (χ1v) is 6.99. The molecule has 102 valence electrons. The highest BCUT2D eigenvalue weighted by Crippen LogP contribution is 2.16. The third-order valence-electron chi connectivity index (χ3n) is 2.64. The summed E-state index contributed by atoms with van der Waals surface area (Å²) in [6.45, 7) is 1.66. The standard InChI is InChI=1S/C15H14N2O2S/c1-11(15-16-8-10-20-15)17-14(19)13-7-3-2-5-12(13)6-4-9-18/h2-3,5,7-8,10-11,18H,9H2,1H3,(H,17,19). The monoisotopic (exact) mass is 286 g/mol. The molecule has 0 aliphatic carbocycles. The zero-order chi connectivity index (χ0) is 14.4. The van der Waals surface area contributed by atoms with Crippen molar-refractivity contribution < 1.29 is 9.90 Å². The number of hydrogen-bond donors (Lipinski definition) is 2. The van der Waals surface area contributed by atoms with Gasteiger partial charge >= 0.3 is 0 Å². The number of amides is 1. The van der Waals surface area contributed by atoms with Crippen molar-refractivity contribution in [2.45, 2.75) is 13.0 Å². The Morgan fingerprint density at radius 2 is 2.30 bits per heavy atom. The first kappa shape index (κ1) is 14.3. The number of aromatic nitrogens is 1. The summed E-state index contributed by atoms with van der Waals surface area (Å²) in [6.07, 6.45) is 1.71.